The molecule has 1 aliphatic rings. The maximum atomic E-state index is 13.0. The van der Waals surface area contributed by atoms with Crippen LogP contribution in [-0.2, 0) is 6.54 Å². The Morgan fingerprint density at radius 1 is 1.28 bits per heavy atom. The summed E-state index contributed by atoms with van der Waals surface area (Å²) in [5, 5.41) is 4.02. The van der Waals surface area contributed by atoms with E-state index in [1.807, 2.05) is 36.4 Å². The second-order valence-corrected chi connectivity index (χ2v) is 6.63. The first kappa shape index (κ1) is 17.6. The van der Waals surface area contributed by atoms with E-state index in [1.165, 1.54) is 17.0 Å². The van der Waals surface area contributed by atoms with Gasteiger partial charge in [0, 0.05) is 30.3 Å². The van der Waals surface area contributed by atoms with E-state index in [9.17, 15) is 4.39 Å². The quantitative estimate of drug-likeness (QED) is 0.819. The molecule has 0 aliphatic carbocycles. The van der Waals surface area contributed by atoms with Gasteiger partial charge in [0.15, 0.2) is 11.8 Å². The Labute approximate surface area is 153 Å². The normalized spacial score (nSPS) is 17.2. The van der Waals surface area contributed by atoms with E-state index in [1.54, 1.807) is 7.11 Å². The maximum Gasteiger partial charge on any atom is 0.177 e. The number of anilines is 1. The number of rotatable bonds is 4. The van der Waals surface area contributed by atoms with Gasteiger partial charge < -0.3 is 19.9 Å². The largest absolute Gasteiger partial charge is 0.497 e. The molecule has 6 heteroatoms. The van der Waals surface area contributed by atoms with E-state index in [0.717, 1.165) is 54.8 Å². The highest BCUT2D eigenvalue weighted by molar-refractivity contribution is 7.80. The van der Waals surface area contributed by atoms with Gasteiger partial charge in [-0.05, 0) is 36.5 Å². The van der Waals surface area contributed by atoms with Crippen LogP contribution in [0.1, 0.15) is 12.0 Å². The molecule has 25 heavy (non-hydrogen) atoms. The van der Waals surface area contributed by atoms with E-state index in [2.05, 4.69) is 10.2 Å². The number of halogens is 1. The Morgan fingerprint density at radius 2 is 2.08 bits per heavy atom. The summed E-state index contributed by atoms with van der Waals surface area (Å²) in [6.07, 6.45) is 1.08. The minimum atomic E-state index is -0.192. The summed E-state index contributed by atoms with van der Waals surface area (Å²) in [4.78, 5) is 3.62. The summed E-state index contributed by atoms with van der Waals surface area (Å²) in [6.45, 7) is 3.75. The van der Waals surface area contributed by atoms with Crippen LogP contribution in [0.4, 0.5) is 10.1 Å². The lowest BCUT2D eigenvalue weighted by atomic mass is 10.2. The predicted molar refractivity (Wildman–Crippen MR) is 101 cm³/mol. The van der Waals surface area contributed by atoms with Crippen molar-refractivity contribution in [1.29, 1.82) is 0 Å². The number of methoxy groups -OCH3 is 1. The summed E-state index contributed by atoms with van der Waals surface area (Å²) < 4.78 is 18.3. The van der Waals surface area contributed by atoms with Crippen LogP contribution in [0.15, 0.2) is 48.5 Å². The topological polar surface area (TPSA) is 28.9 Å². The van der Waals surface area contributed by atoms with E-state index >= 15 is 0 Å². The molecule has 1 heterocycles. The van der Waals surface area contributed by atoms with Crippen LogP contribution in [0.5, 0.6) is 5.75 Å². The molecule has 1 atom stereocenters. The lowest BCUT2D eigenvalue weighted by Crippen LogP contribution is -3.13. The smallest absolute Gasteiger partial charge is 0.177 e. The third-order valence-electron chi connectivity index (χ3n) is 4.35. The lowest BCUT2D eigenvalue weighted by Gasteiger charge is -2.34. The lowest BCUT2D eigenvalue weighted by molar-refractivity contribution is -0.927. The van der Waals surface area contributed by atoms with Crippen LogP contribution in [0, 0.1) is 5.82 Å². The maximum absolute atomic E-state index is 13.0. The summed E-state index contributed by atoms with van der Waals surface area (Å²) in [7, 11) is 1.65. The molecule has 1 saturated heterocycles. The van der Waals surface area contributed by atoms with Crippen molar-refractivity contribution in [3.63, 3.8) is 0 Å². The van der Waals surface area contributed by atoms with E-state index < -0.39 is 0 Å². The summed E-state index contributed by atoms with van der Waals surface area (Å²) >= 11 is 5.58. The molecule has 132 valence electrons. The highest BCUT2D eigenvalue weighted by Gasteiger charge is 2.22. The minimum absolute atomic E-state index is 0.192. The Morgan fingerprint density at radius 3 is 2.84 bits per heavy atom. The molecule has 0 radical (unpaired) electrons. The highest BCUT2D eigenvalue weighted by Crippen LogP contribution is 2.17. The predicted octanol–water partition coefficient (Wildman–Crippen LogP) is 2.28. The van der Waals surface area contributed by atoms with Crippen molar-refractivity contribution in [3.8, 4) is 5.75 Å². The van der Waals surface area contributed by atoms with Gasteiger partial charge in [-0.15, -0.1) is 0 Å². The zero-order valence-electron chi connectivity index (χ0n) is 14.3. The molecule has 0 amide bonds. The van der Waals surface area contributed by atoms with Crippen molar-refractivity contribution in [2.75, 3.05) is 32.2 Å². The minimum Gasteiger partial charge on any atom is -0.497 e. The van der Waals surface area contributed by atoms with Gasteiger partial charge in [-0.1, -0.05) is 18.2 Å². The van der Waals surface area contributed by atoms with Gasteiger partial charge in [0.2, 0.25) is 0 Å². The van der Waals surface area contributed by atoms with Gasteiger partial charge >= 0.3 is 0 Å². The van der Waals surface area contributed by atoms with Gasteiger partial charge in [0.1, 0.15) is 18.1 Å². The average Bonchev–Trinajstić information content (AvgIpc) is 2.64. The zero-order chi connectivity index (χ0) is 17.6. The van der Waals surface area contributed by atoms with Crippen molar-refractivity contribution >= 4 is 23.0 Å². The molecular weight excluding hydrogens is 337 g/mol. The SMILES string of the molecule is COc1cccc(NC(=S)N2CCC[NH+](Cc3ccc(F)cc3)C2)c1. The number of hydrogen-bond donors (Lipinski definition) is 2. The molecule has 0 saturated carbocycles. The van der Waals surface area contributed by atoms with Crippen LogP contribution >= 0.6 is 12.2 Å². The van der Waals surface area contributed by atoms with Crippen LogP contribution in [0.25, 0.3) is 0 Å². The Kier molecular flexibility index (Phi) is 5.83. The molecule has 2 N–H and O–H groups in total. The number of thiocarbonyl (C=S) groups is 1. The van der Waals surface area contributed by atoms with Crippen molar-refractivity contribution in [2.45, 2.75) is 13.0 Å². The van der Waals surface area contributed by atoms with Gasteiger partial charge in [0.25, 0.3) is 0 Å². The summed E-state index contributed by atoms with van der Waals surface area (Å²) in [5.41, 5.74) is 2.07. The molecule has 4 nitrogen and oxygen atoms in total. The molecular formula is C19H23FN3OS+. The third kappa shape index (κ3) is 4.90. The number of benzene rings is 2. The standard InChI is InChI=1S/C19H22FN3OS/c1-24-18-5-2-4-17(12-18)21-19(25)23-11-3-10-22(14-23)13-15-6-8-16(20)9-7-15/h2,4-9,12H,3,10-11,13-14H2,1H3,(H,21,25)/p+1. The second kappa shape index (κ2) is 8.27. The molecule has 1 unspecified atom stereocenters. The van der Waals surface area contributed by atoms with Crippen molar-refractivity contribution in [2.24, 2.45) is 0 Å². The van der Waals surface area contributed by atoms with Gasteiger partial charge in [-0.2, -0.15) is 0 Å². The molecule has 1 aliphatic heterocycles. The monoisotopic (exact) mass is 360 g/mol. The third-order valence-corrected chi connectivity index (χ3v) is 4.71. The number of nitrogens with one attached hydrogen (secondary N) is 2. The Hall–Kier alpha value is -2.18. The van der Waals surface area contributed by atoms with E-state index in [-0.39, 0.29) is 5.82 Å². The fraction of sp³-hybridized carbons (Fsp3) is 0.316. The molecule has 2 aromatic carbocycles. The first-order valence-electron chi connectivity index (χ1n) is 8.42. The molecule has 1 fully saturated rings. The molecule has 0 bridgehead atoms. The average molecular weight is 360 g/mol. The van der Waals surface area contributed by atoms with Crippen molar-refractivity contribution in [3.05, 3.63) is 59.9 Å². The molecule has 3 rings (SSSR count). The first-order valence-corrected chi connectivity index (χ1v) is 8.83. The number of hydrogen-bond acceptors (Lipinski definition) is 2. The molecule has 0 spiro atoms. The second-order valence-electron chi connectivity index (χ2n) is 6.24. The van der Waals surface area contributed by atoms with Gasteiger partial charge in [0.05, 0.1) is 13.7 Å². The van der Waals surface area contributed by atoms with Crippen LogP contribution in [0.2, 0.25) is 0 Å². The number of ether oxygens (including phenoxy) is 1. The molecule has 0 aromatic heterocycles. The first-order chi connectivity index (χ1) is 12.1. The Bertz CT molecular complexity index is 723. The van der Waals surface area contributed by atoms with Crippen molar-refractivity contribution in [1.82, 2.24) is 4.90 Å². The van der Waals surface area contributed by atoms with Gasteiger partial charge in [-0.25, -0.2) is 4.39 Å². The number of quaternary nitrogens is 1. The van der Waals surface area contributed by atoms with Crippen LogP contribution in [-0.4, -0.2) is 36.9 Å². The fourth-order valence-electron chi connectivity index (χ4n) is 3.06. The zero-order valence-corrected chi connectivity index (χ0v) is 15.1. The van der Waals surface area contributed by atoms with Crippen LogP contribution in [0.3, 0.4) is 0 Å². The fourth-order valence-corrected chi connectivity index (χ4v) is 3.33. The Balaban J connectivity index is 1.58. The number of nitrogens with zero attached hydrogens (tertiary/aromatic N) is 1. The molecule has 2 aromatic rings. The highest BCUT2D eigenvalue weighted by atomic mass is 32.1. The van der Waals surface area contributed by atoms with Gasteiger partial charge in [-0.3, -0.25) is 0 Å². The van der Waals surface area contributed by atoms with Crippen molar-refractivity contribution < 1.29 is 14.0 Å². The summed E-state index contributed by atoms with van der Waals surface area (Å²) in [5.74, 6) is 0.609. The van der Waals surface area contributed by atoms with E-state index in [0.29, 0.717) is 0 Å². The van der Waals surface area contributed by atoms with E-state index in [4.69, 9.17) is 17.0 Å². The van der Waals surface area contributed by atoms with Crippen LogP contribution < -0.4 is 15.0 Å². The summed E-state index contributed by atoms with van der Waals surface area (Å²) in [6, 6.07) is 14.5.